The lowest BCUT2D eigenvalue weighted by molar-refractivity contribution is -0.115. The number of amides is 1. The zero-order chi connectivity index (χ0) is 16.2. The number of aryl methyl sites for hydroxylation is 1. The van der Waals surface area contributed by atoms with Crippen molar-refractivity contribution in [2.45, 2.75) is 6.92 Å². The van der Waals surface area contributed by atoms with E-state index in [0.717, 1.165) is 16.8 Å². The Morgan fingerprint density at radius 2 is 1.91 bits per heavy atom. The van der Waals surface area contributed by atoms with Crippen LogP contribution in [-0.4, -0.2) is 11.1 Å². The molecule has 1 heterocycles. The lowest BCUT2D eigenvalue weighted by atomic mass is 10.1. The fourth-order valence-corrected chi connectivity index (χ4v) is 2.92. The molecule has 0 unspecified atom stereocenters. The molecule has 4 nitrogen and oxygen atoms in total. The maximum atomic E-state index is 12.1. The Bertz CT molecular complexity index is 861. The molecule has 3 rings (SSSR count). The number of hydrogen-bond donors (Lipinski definition) is 1. The fourth-order valence-electron chi connectivity index (χ4n) is 2.08. The van der Waals surface area contributed by atoms with Gasteiger partial charge in [0, 0.05) is 0 Å². The Labute approximate surface area is 138 Å². The minimum atomic E-state index is -0.160. The zero-order valence-corrected chi connectivity index (χ0v) is 13.2. The van der Waals surface area contributed by atoms with Gasteiger partial charge in [0.05, 0.1) is 22.2 Å². The molecule has 0 spiro atoms. The van der Waals surface area contributed by atoms with Crippen LogP contribution in [0.15, 0.2) is 58.4 Å². The molecule has 2 aromatic rings. The van der Waals surface area contributed by atoms with Gasteiger partial charge in [0.15, 0.2) is 5.17 Å². The third-order valence-corrected chi connectivity index (χ3v) is 4.24. The average molecular weight is 319 g/mol. The SMILES string of the molecule is Cc1ccccc1N=C1NC(=O)/C(=C/c2ccc(C#N)cc2)S1. The van der Waals surface area contributed by atoms with E-state index in [9.17, 15) is 4.79 Å². The Kier molecular flexibility index (Phi) is 4.26. The van der Waals surface area contributed by atoms with Gasteiger partial charge in [0.2, 0.25) is 0 Å². The molecule has 0 aromatic heterocycles. The number of rotatable bonds is 2. The number of thioether (sulfide) groups is 1. The highest BCUT2D eigenvalue weighted by atomic mass is 32.2. The molecule has 0 atom stereocenters. The summed E-state index contributed by atoms with van der Waals surface area (Å²) < 4.78 is 0. The van der Waals surface area contributed by atoms with E-state index in [2.05, 4.69) is 16.4 Å². The standard InChI is InChI=1S/C18H13N3OS/c1-12-4-2-3-5-15(12)20-18-21-17(22)16(23-18)10-13-6-8-14(11-19)9-7-13/h2-10H,1H3,(H,20,21,22)/b16-10-. The summed E-state index contributed by atoms with van der Waals surface area (Å²) in [6, 6.07) is 16.9. The Hall–Kier alpha value is -2.84. The van der Waals surface area contributed by atoms with E-state index in [4.69, 9.17) is 5.26 Å². The Balaban J connectivity index is 1.83. The van der Waals surface area contributed by atoms with Crippen LogP contribution in [0, 0.1) is 18.3 Å². The van der Waals surface area contributed by atoms with E-state index in [-0.39, 0.29) is 5.91 Å². The smallest absolute Gasteiger partial charge is 0.264 e. The van der Waals surface area contributed by atoms with Gasteiger partial charge in [-0.05, 0) is 54.1 Å². The molecule has 23 heavy (non-hydrogen) atoms. The summed E-state index contributed by atoms with van der Waals surface area (Å²) in [7, 11) is 0. The third-order valence-electron chi connectivity index (χ3n) is 3.33. The molecule has 0 bridgehead atoms. The predicted molar refractivity (Wildman–Crippen MR) is 93.1 cm³/mol. The third kappa shape index (κ3) is 3.50. The van der Waals surface area contributed by atoms with Gasteiger partial charge in [-0.2, -0.15) is 5.26 Å². The minimum Gasteiger partial charge on any atom is -0.300 e. The predicted octanol–water partition coefficient (Wildman–Crippen LogP) is 3.76. The highest BCUT2D eigenvalue weighted by Crippen LogP contribution is 2.28. The van der Waals surface area contributed by atoms with Crippen LogP contribution >= 0.6 is 11.8 Å². The first-order valence-electron chi connectivity index (χ1n) is 7.01. The second-order valence-corrected chi connectivity index (χ2v) is 6.03. The Morgan fingerprint density at radius 1 is 1.17 bits per heavy atom. The first-order chi connectivity index (χ1) is 11.2. The topological polar surface area (TPSA) is 65.2 Å². The molecule has 0 saturated carbocycles. The van der Waals surface area contributed by atoms with Crippen LogP contribution in [0.5, 0.6) is 0 Å². The van der Waals surface area contributed by atoms with Gasteiger partial charge in [-0.1, -0.05) is 30.3 Å². The van der Waals surface area contributed by atoms with Crippen molar-refractivity contribution in [1.29, 1.82) is 5.26 Å². The van der Waals surface area contributed by atoms with Crippen molar-refractivity contribution >= 4 is 34.6 Å². The molecule has 1 fully saturated rings. The van der Waals surface area contributed by atoms with Crippen LogP contribution in [0.2, 0.25) is 0 Å². The number of hydrogen-bond acceptors (Lipinski definition) is 4. The summed E-state index contributed by atoms with van der Waals surface area (Å²) in [6.45, 7) is 1.98. The molecular formula is C18H13N3OS. The lowest BCUT2D eigenvalue weighted by Gasteiger charge is -1.99. The van der Waals surface area contributed by atoms with Crippen LogP contribution < -0.4 is 5.32 Å². The van der Waals surface area contributed by atoms with Crippen molar-refractivity contribution in [2.75, 3.05) is 0 Å². The highest BCUT2D eigenvalue weighted by molar-refractivity contribution is 8.18. The van der Waals surface area contributed by atoms with Crippen LogP contribution in [0.1, 0.15) is 16.7 Å². The molecule has 1 aliphatic heterocycles. The number of para-hydroxylation sites is 1. The van der Waals surface area contributed by atoms with Crippen LogP contribution in [0.3, 0.4) is 0 Å². The maximum Gasteiger partial charge on any atom is 0.264 e. The number of amidine groups is 1. The van der Waals surface area contributed by atoms with Crippen LogP contribution in [0.4, 0.5) is 5.69 Å². The number of nitrogens with one attached hydrogen (secondary N) is 1. The van der Waals surface area contributed by atoms with Gasteiger partial charge in [-0.15, -0.1) is 0 Å². The molecule has 1 saturated heterocycles. The van der Waals surface area contributed by atoms with E-state index >= 15 is 0 Å². The minimum absolute atomic E-state index is 0.160. The van der Waals surface area contributed by atoms with Gasteiger partial charge in [0.1, 0.15) is 0 Å². The van der Waals surface area contributed by atoms with Crippen molar-refractivity contribution < 1.29 is 4.79 Å². The second-order valence-electron chi connectivity index (χ2n) is 5.00. The van der Waals surface area contributed by atoms with Gasteiger partial charge in [-0.25, -0.2) is 4.99 Å². The maximum absolute atomic E-state index is 12.1. The van der Waals surface area contributed by atoms with E-state index in [1.165, 1.54) is 11.8 Å². The molecule has 5 heteroatoms. The zero-order valence-electron chi connectivity index (χ0n) is 12.4. The fraction of sp³-hybridized carbons (Fsp3) is 0.0556. The van der Waals surface area contributed by atoms with Crippen LogP contribution in [-0.2, 0) is 4.79 Å². The normalized spacial score (nSPS) is 17.3. The van der Waals surface area contributed by atoms with Crippen molar-refractivity contribution in [1.82, 2.24) is 5.32 Å². The van der Waals surface area contributed by atoms with Crippen molar-refractivity contribution in [3.63, 3.8) is 0 Å². The van der Waals surface area contributed by atoms with E-state index in [1.54, 1.807) is 18.2 Å². The van der Waals surface area contributed by atoms with Gasteiger partial charge < -0.3 is 5.32 Å². The van der Waals surface area contributed by atoms with Gasteiger partial charge in [0.25, 0.3) is 5.91 Å². The van der Waals surface area contributed by atoms with E-state index in [0.29, 0.717) is 15.6 Å². The number of aliphatic imine (C=N–C) groups is 1. The molecule has 1 aliphatic rings. The molecule has 1 amide bonds. The summed E-state index contributed by atoms with van der Waals surface area (Å²) in [5.74, 6) is -0.160. The van der Waals surface area contributed by atoms with Gasteiger partial charge in [-0.3, -0.25) is 4.79 Å². The first kappa shape index (κ1) is 15.1. The summed E-state index contributed by atoms with van der Waals surface area (Å²) in [6.07, 6.45) is 1.79. The largest absolute Gasteiger partial charge is 0.300 e. The van der Waals surface area contributed by atoms with Crippen molar-refractivity contribution in [3.8, 4) is 6.07 Å². The molecular weight excluding hydrogens is 306 g/mol. The number of nitriles is 1. The van der Waals surface area contributed by atoms with Gasteiger partial charge >= 0.3 is 0 Å². The van der Waals surface area contributed by atoms with Crippen LogP contribution in [0.25, 0.3) is 6.08 Å². The molecule has 0 radical (unpaired) electrons. The summed E-state index contributed by atoms with van der Waals surface area (Å²) in [5.41, 5.74) is 3.37. The first-order valence-corrected chi connectivity index (χ1v) is 7.83. The number of carbonyl (C=O) groups excluding carboxylic acids is 1. The molecule has 1 N–H and O–H groups in total. The lowest BCUT2D eigenvalue weighted by Crippen LogP contribution is -2.19. The van der Waals surface area contributed by atoms with Crippen molar-refractivity contribution in [2.24, 2.45) is 4.99 Å². The summed E-state index contributed by atoms with van der Waals surface area (Å²) >= 11 is 1.31. The summed E-state index contributed by atoms with van der Waals surface area (Å²) in [4.78, 5) is 17.1. The van der Waals surface area contributed by atoms with E-state index in [1.807, 2.05) is 43.3 Å². The molecule has 0 aliphatic carbocycles. The quantitative estimate of drug-likeness (QED) is 0.857. The number of benzene rings is 2. The molecule has 2 aromatic carbocycles. The van der Waals surface area contributed by atoms with E-state index < -0.39 is 0 Å². The highest BCUT2D eigenvalue weighted by Gasteiger charge is 2.23. The number of nitrogens with zero attached hydrogens (tertiary/aromatic N) is 2. The van der Waals surface area contributed by atoms with Crippen molar-refractivity contribution in [3.05, 3.63) is 70.1 Å². The Morgan fingerprint density at radius 3 is 2.61 bits per heavy atom. The number of carbonyl (C=O) groups is 1. The monoisotopic (exact) mass is 319 g/mol. The second kappa shape index (κ2) is 6.51. The summed E-state index contributed by atoms with van der Waals surface area (Å²) in [5, 5.41) is 12.2. The molecule has 112 valence electrons. The average Bonchev–Trinajstić information content (AvgIpc) is 2.90.